The van der Waals surface area contributed by atoms with Crippen LogP contribution in [0.15, 0.2) is 30.6 Å². The maximum absolute atomic E-state index is 6.28. The molecule has 0 aromatic carbocycles. The lowest BCUT2D eigenvalue weighted by Crippen LogP contribution is -2.30. The highest BCUT2D eigenvalue weighted by Crippen LogP contribution is 2.41. The van der Waals surface area contributed by atoms with Crippen molar-refractivity contribution in [2.45, 2.75) is 32.7 Å². The summed E-state index contributed by atoms with van der Waals surface area (Å²) >= 11 is 6.25. The Morgan fingerprint density at radius 1 is 1.42 bits per heavy atom. The molecule has 2 aromatic rings. The molecule has 1 aliphatic carbocycles. The van der Waals surface area contributed by atoms with Crippen molar-refractivity contribution in [2.75, 3.05) is 0 Å². The second-order valence-electron chi connectivity index (χ2n) is 6.05. The second kappa shape index (κ2) is 4.36. The minimum atomic E-state index is 0.0995. The number of nitrogens with two attached hydrogens (primary N) is 1. The van der Waals surface area contributed by atoms with Crippen molar-refractivity contribution in [1.29, 1.82) is 0 Å². The molecule has 1 atom stereocenters. The first kappa shape index (κ1) is 12.7. The maximum atomic E-state index is 6.28. The largest absolute Gasteiger partial charge is 0.324 e. The minimum Gasteiger partial charge on any atom is -0.324 e. The van der Waals surface area contributed by atoms with Crippen molar-refractivity contribution in [3.8, 4) is 5.82 Å². The number of fused-ring (bicyclic) bond motifs is 1. The quantitative estimate of drug-likeness (QED) is 0.866. The molecule has 2 N–H and O–H groups in total. The van der Waals surface area contributed by atoms with E-state index in [1.165, 1.54) is 11.3 Å². The molecular weight excluding hydrogens is 258 g/mol. The first-order valence-electron chi connectivity index (χ1n) is 6.54. The van der Waals surface area contributed by atoms with Gasteiger partial charge in [-0.1, -0.05) is 25.4 Å². The molecule has 0 bridgehead atoms. The Balaban J connectivity index is 2.14. The van der Waals surface area contributed by atoms with Gasteiger partial charge in [-0.05, 0) is 42.0 Å². The summed E-state index contributed by atoms with van der Waals surface area (Å²) in [6, 6.07) is 5.91. The summed E-state index contributed by atoms with van der Waals surface area (Å²) < 4.78 is 2.08. The van der Waals surface area contributed by atoms with Crippen LogP contribution >= 0.6 is 11.6 Å². The predicted molar refractivity (Wildman–Crippen MR) is 77.6 cm³/mol. The molecular formula is C15H18ClN3. The van der Waals surface area contributed by atoms with E-state index in [2.05, 4.69) is 29.5 Å². The van der Waals surface area contributed by atoms with Gasteiger partial charge in [0.1, 0.15) is 0 Å². The third-order valence-electron chi connectivity index (χ3n) is 3.81. The molecule has 3 rings (SSSR count). The van der Waals surface area contributed by atoms with Crippen molar-refractivity contribution in [3.63, 3.8) is 0 Å². The Labute approximate surface area is 118 Å². The number of halogens is 1. The van der Waals surface area contributed by atoms with Crippen LogP contribution in [0.25, 0.3) is 5.82 Å². The van der Waals surface area contributed by atoms with Gasteiger partial charge >= 0.3 is 0 Å². The molecule has 0 aliphatic heterocycles. The zero-order valence-electron chi connectivity index (χ0n) is 11.2. The smallest absolute Gasteiger partial charge is 0.155 e. The second-order valence-corrected chi connectivity index (χ2v) is 6.46. The van der Waals surface area contributed by atoms with Gasteiger partial charge in [0.15, 0.2) is 5.82 Å². The molecule has 0 radical (unpaired) electrons. The van der Waals surface area contributed by atoms with E-state index >= 15 is 0 Å². The molecule has 0 spiro atoms. The molecule has 0 saturated carbocycles. The number of rotatable bonds is 1. The first-order chi connectivity index (χ1) is 8.98. The van der Waals surface area contributed by atoms with Crippen molar-refractivity contribution >= 4 is 11.6 Å². The van der Waals surface area contributed by atoms with E-state index in [0.717, 1.165) is 18.7 Å². The van der Waals surface area contributed by atoms with Gasteiger partial charge in [0.25, 0.3) is 0 Å². The highest BCUT2D eigenvalue weighted by Gasteiger charge is 2.32. The molecule has 4 heteroatoms. The van der Waals surface area contributed by atoms with Crippen LogP contribution in [-0.4, -0.2) is 9.55 Å². The highest BCUT2D eigenvalue weighted by atomic mass is 35.5. The van der Waals surface area contributed by atoms with E-state index in [1.807, 2.05) is 18.3 Å². The van der Waals surface area contributed by atoms with Crippen LogP contribution in [0.1, 0.15) is 37.6 Å². The van der Waals surface area contributed by atoms with E-state index in [1.54, 1.807) is 6.20 Å². The lowest BCUT2D eigenvalue weighted by Gasteiger charge is -2.34. The number of nitrogens with zero attached hydrogens (tertiary/aromatic N) is 2. The number of hydrogen-bond donors (Lipinski definition) is 1. The summed E-state index contributed by atoms with van der Waals surface area (Å²) in [5.41, 5.74) is 8.96. The predicted octanol–water partition coefficient (Wildman–Crippen LogP) is 3.50. The third-order valence-corrected chi connectivity index (χ3v) is 4.11. The van der Waals surface area contributed by atoms with Crippen LogP contribution in [0.5, 0.6) is 0 Å². The average molecular weight is 276 g/mol. The zero-order chi connectivity index (χ0) is 13.6. The molecule has 3 nitrogen and oxygen atoms in total. The Bertz CT molecular complexity index is 616. The molecule has 100 valence electrons. The van der Waals surface area contributed by atoms with Crippen LogP contribution in [0, 0.1) is 5.41 Å². The Morgan fingerprint density at radius 2 is 2.21 bits per heavy atom. The summed E-state index contributed by atoms with van der Waals surface area (Å²) in [5, 5.41) is 0.665. The fourth-order valence-electron chi connectivity index (χ4n) is 2.99. The summed E-state index contributed by atoms with van der Waals surface area (Å²) in [4.78, 5) is 4.39. The van der Waals surface area contributed by atoms with Gasteiger partial charge in [-0.2, -0.15) is 0 Å². The van der Waals surface area contributed by atoms with Crippen molar-refractivity contribution in [1.82, 2.24) is 9.55 Å². The summed E-state index contributed by atoms with van der Waals surface area (Å²) in [5.74, 6) is 0.787. The van der Waals surface area contributed by atoms with Crippen LogP contribution < -0.4 is 5.73 Å². The normalized spacial score (nSPS) is 21.2. The monoisotopic (exact) mass is 275 g/mol. The lowest BCUT2D eigenvalue weighted by molar-refractivity contribution is 0.278. The first-order valence-corrected chi connectivity index (χ1v) is 6.92. The zero-order valence-corrected chi connectivity index (χ0v) is 12.0. The molecule has 2 aromatic heterocycles. The number of hydrogen-bond acceptors (Lipinski definition) is 2. The number of pyridine rings is 1. The summed E-state index contributed by atoms with van der Waals surface area (Å²) in [6.07, 6.45) is 5.80. The molecule has 0 saturated heterocycles. The maximum Gasteiger partial charge on any atom is 0.155 e. The molecule has 1 unspecified atom stereocenters. The molecule has 2 heterocycles. The van der Waals surface area contributed by atoms with E-state index in [9.17, 15) is 0 Å². The molecule has 1 aliphatic rings. The van der Waals surface area contributed by atoms with Gasteiger partial charge < -0.3 is 10.3 Å². The van der Waals surface area contributed by atoms with Crippen molar-refractivity contribution in [3.05, 3.63) is 46.9 Å². The lowest BCUT2D eigenvalue weighted by atomic mass is 9.74. The minimum absolute atomic E-state index is 0.0995. The van der Waals surface area contributed by atoms with Gasteiger partial charge in [-0.25, -0.2) is 4.98 Å². The summed E-state index contributed by atoms with van der Waals surface area (Å²) in [7, 11) is 0. The van der Waals surface area contributed by atoms with Gasteiger partial charge in [0.2, 0.25) is 0 Å². The SMILES string of the molecule is CC1(C)Cc2c(ccn2-c2ncccc2Cl)C(N)C1. The van der Waals surface area contributed by atoms with E-state index in [4.69, 9.17) is 17.3 Å². The fourth-order valence-corrected chi connectivity index (χ4v) is 3.20. The van der Waals surface area contributed by atoms with Gasteiger partial charge in [-0.3, -0.25) is 0 Å². The van der Waals surface area contributed by atoms with Gasteiger partial charge in [-0.15, -0.1) is 0 Å². The third kappa shape index (κ3) is 2.17. The summed E-state index contributed by atoms with van der Waals surface area (Å²) in [6.45, 7) is 4.51. The standard InChI is InChI=1S/C15H18ClN3/c1-15(2)8-12(17)10-5-7-19(13(10)9-15)14-11(16)4-3-6-18-14/h3-7,12H,8-9,17H2,1-2H3. The Hall–Kier alpha value is -1.32. The Kier molecular flexibility index (Phi) is 2.91. The number of aromatic nitrogens is 2. The van der Waals surface area contributed by atoms with Gasteiger partial charge in [0.05, 0.1) is 5.02 Å². The Morgan fingerprint density at radius 3 is 2.95 bits per heavy atom. The van der Waals surface area contributed by atoms with Crippen LogP contribution in [0.4, 0.5) is 0 Å². The highest BCUT2D eigenvalue weighted by molar-refractivity contribution is 6.32. The molecule has 0 fully saturated rings. The van der Waals surface area contributed by atoms with E-state index < -0.39 is 0 Å². The van der Waals surface area contributed by atoms with Crippen molar-refractivity contribution < 1.29 is 0 Å². The molecule has 19 heavy (non-hydrogen) atoms. The van der Waals surface area contributed by atoms with Crippen LogP contribution in [0.3, 0.4) is 0 Å². The fraction of sp³-hybridized carbons (Fsp3) is 0.400. The average Bonchev–Trinajstić information content (AvgIpc) is 2.72. The van der Waals surface area contributed by atoms with Crippen molar-refractivity contribution in [2.24, 2.45) is 11.1 Å². The van der Waals surface area contributed by atoms with Crippen LogP contribution in [-0.2, 0) is 6.42 Å². The van der Waals surface area contributed by atoms with Crippen LogP contribution in [0.2, 0.25) is 5.02 Å². The van der Waals surface area contributed by atoms with E-state index in [-0.39, 0.29) is 11.5 Å². The van der Waals surface area contributed by atoms with Gasteiger partial charge in [0, 0.05) is 24.1 Å². The van der Waals surface area contributed by atoms with E-state index in [0.29, 0.717) is 5.02 Å². The molecule has 0 amide bonds. The topological polar surface area (TPSA) is 43.8 Å².